The molecule has 0 unspecified atom stereocenters. The van der Waals surface area contributed by atoms with Crippen LogP contribution in [0.25, 0.3) is 0 Å². The van der Waals surface area contributed by atoms with Gasteiger partial charge in [-0.25, -0.2) is 4.79 Å². The molecule has 0 fully saturated rings. The maximum atomic E-state index is 12.4. The Hall–Kier alpha value is -1.92. The Bertz CT molecular complexity index is 637. The van der Waals surface area contributed by atoms with Gasteiger partial charge < -0.3 is 15.3 Å². The number of carbonyl (C=O) groups excluding carboxylic acids is 1. The number of carboxylic acid groups (broad SMARTS) is 1. The SMILES string of the molecule is CC/C=C\C(=C/CN(C)C)C(=O)Nc1ccc(Br)cc1C(=O)O. The second-order valence-corrected chi connectivity index (χ2v) is 6.10. The van der Waals surface area contributed by atoms with Crippen LogP contribution in [0.2, 0.25) is 0 Å². The molecule has 0 saturated carbocycles. The Kier molecular flexibility index (Phi) is 7.71. The van der Waals surface area contributed by atoms with Gasteiger partial charge in [0.05, 0.1) is 11.3 Å². The summed E-state index contributed by atoms with van der Waals surface area (Å²) in [7, 11) is 3.82. The Morgan fingerprint density at radius 3 is 2.61 bits per heavy atom. The van der Waals surface area contributed by atoms with Crippen molar-refractivity contribution >= 4 is 33.5 Å². The van der Waals surface area contributed by atoms with Crippen molar-refractivity contribution in [1.29, 1.82) is 0 Å². The minimum absolute atomic E-state index is 0.0409. The van der Waals surface area contributed by atoms with E-state index in [1.165, 1.54) is 6.07 Å². The number of benzene rings is 1. The van der Waals surface area contributed by atoms with Crippen LogP contribution < -0.4 is 5.32 Å². The van der Waals surface area contributed by atoms with Crippen molar-refractivity contribution in [3.63, 3.8) is 0 Å². The predicted octanol–water partition coefficient (Wildman–Crippen LogP) is 3.54. The van der Waals surface area contributed by atoms with Crippen molar-refractivity contribution in [2.75, 3.05) is 26.0 Å². The van der Waals surface area contributed by atoms with E-state index in [9.17, 15) is 14.7 Å². The van der Waals surface area contributed by atoms with Gasteiger partial charge in [0.15, 0.2) is 0 Å². The number of hydrogen-bond donors (Lipinski definition) is 2. The number of halogens is 1. The summed E-state index contributed by atoms with van der Waals surface area (Å²) in [6.07, 6.45) is 6.25. The predicted molar refractivity (Wildman–Crippen MR) is 95.8 cm³/mol. The molecule has 0 atom stereocenters. The zero-order chi connectivity index (χ0) is 17.4. The molecular formula is C17H21BrN2O3. The van der Waals surface area contributed by atoms with Crippen molar-refractivity contribution in [2.45, 2.75) is 13.3 Å². The van der Waals surface area contributed by atoms with Gasteiger partial charge in [0.25, 0.3) is 5.91 Å². The standard InChI is InChI=1S/C17H21BrN2O3/c1-4-5-6-12(9-10-20(2)3)16(21)19-15-8-7-13(18)11-14(15)17(22)23/h5-9,11H,4,10H2,1-3H3,(H,19,21)(H,22,23)/b6-5-,12-9+. The van der Waals surface area contributed by atoms with Gasteiger partial charge in [-0.3, -0.25) is 4.79 Å². The first-order chi connectivity index (χ1) is 10.8. The molecule has 0 radical (unpaired) electrons. The smallest absolute Gasteiger partial charge is 0.337 e. The van der Waals surface area contributed by atoms with Gasteiger partial charge in [-0.1, -0.05) is 41.1 Å². The Balaban J connectivity index is 3.05. The van der Waals surface area contributed by atoms with Crippen LogP contribution in [0.4, 0.5) is 5.69 Å². The van der Waals surface area contributed by atoms with E-state index in [1.807, 2.05) is 32.0 Å². The lowest BCUT2D eigenvalue weighted by atomic mass is 10.1. The Labute approximate surface area is 144 Å². The monoisotopic (exact) mass is 380 g/mol. The molecule has 0 aromatic heterocycles. The quantitative estimate of drug-likeness (QED) is 0.560. The molecular weight excluding hydrogens is 360 g/mol. The van der Waals surface area contributed by atoms with Crippen LogP contribution in [0.5, 0.6) is 0 Å². The van der Waals surface area contributed by atoms with Gasteiger partial charge in [-0.05, 0) is 38.7 Å². The first-order valence-corrected chi connectivity index (χ1v) is 8.00. The summed E-state index contributed by atoms with van der Waals surface area (Å²) in [6, 6.07) is 4.72. The van der Waals surface area contributed by atoms with Crippen LogP contribution in [0.3, 0.4) is 0 Å². The van der Waals surface area contributed by atoms with E-state index in [1.54, 1.807) is 24.3 Å². The average molecular weight is 381 g/mol. The van der Waals surface area contributed by atoms with E-state index in [2.05, 4.69) is 21.2 Å². The van der Waals surface area contributed by atoms with Crippen LogP contribution in [0, 0.1) is 0 Å². The van der Waals surface area contributed by atoms with E-state index in [4.69, 9.17) is 0 Å². The third-order valence-corrected chi connectivity index (χ3v) is 3.43. The molecule has 1 rings (SSSR count). The first kappa shape index (κ1) is 19.1. The molecule has 0 aliphatic heterocycles. The number of nitrogens with zero attached hydrogens (tertiary/aromatic N) is 1. The number of carboxylic acids is 1. The number of allylic oxidation sites excluding steroid dienone is 1. The molecule has 124 valence electrons. The second-order valence-electron chi connectivity index (χ2n) is 5.18. The van der Waals surface area contributed by atoms with Crippen LogP contribution in [0.1, 0.15) is 23.7 Å². The van der Waals surface area contributed by atoms with Gasteiger partial charge in [0.2, 0.25) is 0 Å². The van der Waals surface area contributed by atoms with Crippen molar-refractivity contribution in [2.24, 2.45) is 0 Å². The molecule has 0 aliphatic carbocycles. The molecule has 0 spiro atoms. The Morgan fingerprint density at radius 1 is 1.35 bits per heavy atom. The lowest BCUT2D eigenvalue weighted by molar-refractivity contribution is -0.112. The van der Waals surface area contributed by atoms with E-state index in [0.29, 0.717) is 16.6 Å². The fraction of sp³-hybridized carbons (Fsp3) is 0.294. The fourth-order valence-corrected chi connectivity index (χ4v) is 2.12. The number of likely N-dealkylation sites (N-methyl/N-ethyl adjacent to an activating group) is 1. The number of rotatable bonds is 7. The zero-order valence-corrected chi connectivity index (χ0v) is 15.1. The number of anilines is 1. The molecule has 0 heterocycles. The summed E-state index contributed by atoms with van der Waals surface area (Å²) >= 11 is 3.23. The van der Waals surface area contributed by atoms with Gasteiger partial charge >= 0.3 is 5.97 Å². The van der Waals surface area contributed by atoms with E-state index >= 15 is 0 Å². The largest absolute Gasteiger partial charge is 0.478 e. The average Bonchev–Trinajstić information content (AvgIpc) is 2.48. The van der Waals surface area contributed by atoms with Crippen molar-refractivity contribution in [1.82, 2.24) is 4.90 Å². The number of carbonyl (C=O) groups is 2. The summed E-state index contributed by atoms with van der Waals surface area (Å²) in [5, 5.41) is 11.9. The molecule has 0 saturated heterocycles. The molecule has 6 heteroatoms. The third-order valence-electron chi connectivity index (χ3n) is 2.93. The minimum Gasteiger partial charge on any atom is -0.478 e. The summed E-state index contributed by atoms with van der Waals surface area (Å²) in [6.45, 7) is 2.60. The summed E-state index contributed by atoms with van der Waals surface area (Å²) in [5.41, 5.74) is 0.810. The van der Waals surface area contributed by atoms with Gasteiger partial charge in [-0.2, -0.15) is 0 Å². The van der Waals surface area contributed by atoms with Gasteiger partial charge in [0, 0.05) is 16.6 Å². The van der Waals surface area contributed by atoms with Crippen LogP contribution in [0.15, 0.2) is 46.5 Å². The van der Waals surface area contributed by atoms with Crippen molar-refractivity contribution < 1.29 is 14.7 Å². The van der Waals surface area contributed by atoms with Crippen molar-refractivity contribution in [3.05, 3.63) is 52.0 Å². The van der Waals surface area contributed by atoms with Gasteiger partial charge in [0.1, 0.15) is 0 Å². The molecule has 2 N–H and O–H groups in total. The maximum Gasteiger partial charge on any atom is 0.337 e. The number of amides is 1. The molecule has 1 amide bonds. The third kappa shape index (κ3) is 6.38. The molecule has 1 aromatic carbocycles. The Morgan fingerprint density at radius 2 is 2.04 bits per heavy atom. The molecule has 0 aliphatic rings. The maximum absolute atomic E-state index is 12.4. The van der Waals surface area contributed by atoms with E-state index < -0.39 is 5.97 Å². The van der Waals surface area contributed by atoms with Crippen LogP contribution >= 0.6 is 15.9 Å². The summed E-state index contributed by atoms with van der Waals surface area (Å²) < 4.78 is 0.641. The lowest BCUT2D eigenvalue weighted by Gasteiger charge is -2.11. The summed E-state index contributed by atoms with van der Waals surface area (Å²) in [4.78, 5) is 25.7. The summed E-state index contributed by atoms with van der Waals surface area (Å²) in [5.74, 6) is -1.43. The van der Waals surface area contributed by atoms with Crippen LogP contribution in [-0.2, 0) is 4.79 Å². The van der Waals surface area contributed by atoms with E-state index in [-0.39, 0.29) is 17.2 Å². The molecule has 1 aromatic rings. The zero-order valence-electron chi connectivity index (χ0n) is 13.5. The van der Waals surface area contributed by atoms with Crippen molar-refractivity contribution in [3.8, 4) is 0 Å². The number of aromatic carboxylic acids is 1. The second kappa shape index (κ2) is 9.27. The topological polar surface area (TPSA) is 69.6 Å². The molecule has 5 nitrogen and oxygen atoms in total. The number of nitrogens with one attached hydrogen (secondary N) is 1. The van der Waals surface area contributed by atoms with Crippen LogP contribution in [-0.4, -0.2) is 42.5 Å². The lowest BCUT2D eigenvalue weighted by Crippen LogP contribution is -2.18. The fourth-order valence-electron chi connectivity index (χ4n) is 1.76. The van der Waals surface area contributed by atoms with E-state index in [0.717, 1.165) is 6.42 Å². The normalized spacial score (nSPS) is 12.0. The molecule has 0 bridgehead atoms. The number of hydrogen-bond acceptors (Lipinski definition) is 3. The molecule has 23 heavy (non-hydrogen) atoms. The minimum atomic E-state index is -1.09. The van der Waals surface area contributed by atoms with Gasteiger partial charge in [-0.15, -0.1) is 0 Å². The highest BCUT2D eigenvalue weighted by molar-refractivity contribution is 9.10. The highest BCUT2D eigenvalue weighted by atomic mass is 79.9. The first-order valence-electron chi connectivity index (χ1n) is 7.20. The highest BCUT2D eigenvalue weighted by Crippen LogP contribution is 2.22. The highest BCUT2D eigenvalue weighted by Gasteiger charge is 2.14.